The second-order valence-corrected chi connectivity index (χ2v) is 4.44. The van der Waals surface area contributed by atoms with Crippen LogP contribution in [0.3, 0.4) is 0 Å². The summed E-state index contributed by atoms with van der Waals surface area (Å²) >= 11 is 0. The van der Waals surface area contributed by atoms with Crippen LogP contribution in [-0.4, -0.2) is 17.2 Å². The van der Waals surface area contributed by atoms with E-state index in [2.05, 4.69) is 0 Å². The molecule has 0 aliphatic carbocycles. The molecule has 0 spiro atoms. The Kier molecular flexibility index (Phi) is 5.86. The molecule has 1 N–H and O–H groups in total. The summed E-state index contributed by atoms with van der Waals surface area (Å²) in [6.07, 6.45) is 0.823. The Labute approximate surface area is 100 Å². The van der Waals surface area contributed by atoms with Gasteiger partial charge in [-0.1, -0.05) is 29.8 Å². The summed E-state index contributed by atoms with van der Waals surface area (Å²) in [5.41, 5.74) is 1.56. The van der Waals surface area contributed by atoms with Gasteiger partial charge in [0, 0.05) is 0 Å². The molecule has 0 aliphatic rings. The van der Waals surface area contributed by atoms with Crippen LogP contribution < -0.4 is 0 Å². The summed E-state index contributed by atoms with van der Waals surface area (Å²) in [6, 6.07) is 7.97. The van der Waals surface area contributed by atoms with Crippen LogP contribution >= 0.6 is 0 Å². The molecular formula is C13H16O4. The third kappa shape index (κ3) is 5.64. The second kappa shape index (κ2) is 6.61. The van der Waals surface area contributed by atoms with Crippen molar-refractivity contribution in [3.8, 4) is 0 Å². The van der Waals surface area contributed by atoms with Crippen molar-refractivity contribution in [1.82, 2.24) is 0 Å². The molecule has 0 bridgehead atoms. The van der Waals surface area contributed by atoms with Crippen molar-refractivity contribution in [2.45, 2.75) is 27.2 Å². The maximum absolute atomic E-state index is 10.9. The molecule has 4 nitrogen and oxygen atoms in total. The molecule has 0 aliphatic heterocycles. The van der Waals surface area contributed by atoms with Crippen LogP contribution in [0.25, 0.3) is 0 Å². The summed E-state index contributed by atoms with van der Waals surface area (Å²) in [7, 11) is 0. The fourth-order valence-electron chi connectivity index (χ4n) is 1.41. The molecule has 1 aromatic rings. The molecule has 0 fully saturated rings. The number of carboxylic acid groups (broad SMARTS) is 1. The van der Waals surface area contributed by atoms with E-state index in [4.69, 9.17) is 14.7 Å². The van der Waals surface area contributed by atoms with Crippen LogP contribution in [0, 0.1) is 12.3 Å². The van der Waals surface area contributed by atoms with Gasteiger partial charge in [0.25, 0.3) is 0 Å². The third-order valence-electron chi connectivity index (χ3n) is 2.31. The van der Waals surface area contributed by atoms with E-state index in [9.17, 15) is 4.79 Å². The smallest absolute Gasteiger partial charge is 0.373 e. The number of hydrogen-bond acceptors (Lipinski definition) is 3. The maximum atomic E-state index is 10.9. The Balaban J connectivity index is 0.000000770. The van der Waals surface area contributed by atoms with Gasteiger partial charge in [-0.3, -0.25) is 4.79 Å². The predicted octanol–water partition coefficient (Wildman–Crippen LogP) is 2.06. The van der Waals surface area contributed by atoms with E-state index in [0.29, 0.717) is 6.42 Å². The molecule has 4 heteroatoms. The Hall–Kier alpha value is -1.93. The zero-order valence-electron chi connectivity index (χ0n) is 10.2. The molecule has 0 unspecified atom stereocenters. The second-order valence-electron chi connectivity index (χ2n) is 4.44. The van der Waals surface area contributed by atoms with Crippen LogP contribution in [0.15, 0.2) is 24.3 Å². The maximum Gasteiger partial charge on any atom is 0.373 e. The highest BCUT2D eigenvalue weighted by molar-refractivity contribution is 5.74. The van der Waals surface area contributed by atoms with Gasteiger partial charge in [-0.25, -0.2) is 0 Å². The molecule has 0 aromatic heterocycles. The quantitative estimate of drug-likeness (QED) is 0.872. The van der Waals surface area contributed by atoms with Crippen molar-refractivity contribution in [2.75, 3.05) is 0 Å². The molecule has 0 radical (unpaired) electrons. The molecule has 1 aromatic carbocycles. The Morgan fingerprint density at radius 3 is 2.29 bits per heavy atom. The number of rotatable bonds is 3. The number of aryl methyl sites for hydroxylation is 1. The van der Waals surface area contributed by atoms with E-state index < -0.39 is 11.4 Å². The van der Waals surface area contributed by atoms with Crippen LogP contribution in [0.2, 0.25) is 0 Å². The van der Waals surface area contributed by atoms with Crippen LogP contribution in [0.1, 0.15) is 25.0 Å². The van der Waals surface area contributed by atoms with Crippen molar-refractivity contribution >= 4 is 12.1 Å². The Bertz CT molecular complexity index is 415. The van der Waals surface area contributed by atoms with Crippen molar-refractivity contribution < 1.29 is 19.5 Å². The molecule has 0 heterocycles. The fourth-order valence-corrected chi connectivity index (χ4v) is 1.41. The first-order valence-corrected chi connectivity index (χ1v) is 5.11. The summed E-state index contributed by atoms with van der Waals surface area (Å²) < 4.78 is 0. The molecule has 1 rings (SSSR count). The van der Waals surface area contributed by atoms with Gasteiger partial charge >= 0.3 is 12.1 Å². The SMILES string of the molecule is Cc1cccc(CC(C)(C)C(=O)O)c1.O=C=O. The van der Waals surface area contributed by atoms with Gasteiger partial charge in [-0.15, -0.1) is 0 Å². The topological polar surface area (TPSA) is 71.4 Å². The largest absolute Gasteiger partial charge is 0.481 e. The highest BCUT2D eigenvalue weighted by Crippen LogP contribution is 2.22. The lowest BCUT2D eigenvalue weighted by Gasteiger charge is -2.19. The van der Waals surface area contributed by atoms with E-state index >= 15 is 0 Å². The monoisotopic (exact) mass is 236 g/mol. The number of carboxylic acids is 1. The van der Waals surface area contributed by atoms with Gasteiger partial charge < -0.3 is 5.11 Å². The average molecular weight is 236 g/mol. The van der Waals surface area contributed by atoms with E-state index in [-0.39, 0.29) is 6.15 Å². The lowest BCUT2D eigenvalue weighted by atomic mass is 9.85. The van der Waals surface area contributed by atoms with Gasteiger partial charge in [0.2, 0.25) is 0 Å². The van der Waals surface area contributed by atoms with E-state index in [1.54, 1.807) is 13.8 Å². The lowest BCUT2D eigenvalue weighted by molar-refractivity contribution is -0.191. The first-order chi connectivity index (χ1) is 7.83. The minimum absolute atomic E-state index is 0.250. The van der Waals surface area contributed by atoms with Crippen molar-refractivity contribution in [3.63, 3.8) is 0 Å². The molecule has 0 saturated heterocycles. The van der Waals surface area contributed by atoms with E-state index in [1.807, 2.05) is 31.2 Å². The van der Waals surface area contributed by atoms with Crippen molar-refractivity contribution in [2.24, 2.45) is 5.41 Å². The lowest BCUT2D eigenvalue weighted by Crippen LogP contribution is -2.26. The summed E-state index contributed by atoms with van der Waals surface area (Å²) in [5, 5.41) is 8.97. The number of carbonyl (C=O) groups is 1. The summed E-state index contributed by atoms with van der Waals surface area (Å²) in [6.45, 7) is 5.51. The first-order valence-electron chi connectivity index (χ1n) is 5.11. The highest BCUT2D eigenvalue weighted by atomic mass is 16.4. The Morgan fingerprint density at radius 1 is 1.35 bits per heavy atom. The molecule has 17 heavy (non-hydrogen) atoms. The van der Waals surface area contributed by atoms with Gasteiger partial charge in [-0.2, -0.15) is 9.59 Å². The minimum atomic E-state index is -0.751. The molecule has 92 valence electrons. The summed E-state index contributed by atoms with van der Waals surface area (Å²) in [5.74, 6) is -0.751. The molecule has 0 saturated carbocycles. The van der Waals surface area contributed by atoms with Gasteiger partial charge in [0.05, 0.1) is 5.41 Å². The third-order valence-corrected chi connectivity index (χ3v) is 2.31. The number of aliphatic carboxylic acids is 1. The Morgan fingerprint density at radius 2 is 1.88 bits per heavy atom. The van der Waals surface area contributed by atoms with Gasteiger partial charge in [-0.05, 0) is 32.8 Å². The van der Waals surface area contributed by atoms with Crippen LogP contribution in [-0.2, 0) is 20.8 Å². The zero-order valence-corrected chi connectivity index (χ0v) is 10.2. The summed E-state index contributed by atoms with van der Waals surface area (Å²) in [4.78, 5) is 27.2. The van der Waals surface area contributed by atoms with Gasteiger partial charge in [0.1, 0.15) is 0 Å². The minimum Gasteiger partial charge on any atom is -0.481 e. The van der Waals surface area contributed by atoms with Crippen molar-refractivity contribution in [3.05, 3.63) is 35.4 Å². The zero-order chi connectivity index (χ0) is 13.5. The van der Waals surface area contributed by atoms with Gasteiger partial charge in [0.15, 0.2) is 0 Å². The van der Waals surface area contributed by atoms with Crippen molar-refractivity contribution in [1.29, 1.82) is 0 Å². The average Bonchev–Trinajstić information content (AvgIpc) is 2.17. The van der Waals surface area contributed by atoms with E-state index in [0.717, 1.165) is 5.56 Å². The fraction of sp³-hybridized carbons (Fsp3) is 0.385. The number of benzene rings is 1. The normalized spacial score (nSPS) is 9.82. The predicted molar refractivity (Wildman–Crippen MR) is 61.3 cm³/mol. The highest BCUT2D eigenvalue weighted by Gasteiger charge is 2.27. The molecule has 0 atom stereocenters. The molecular weight excluding hydrogens is 220 g/mol. The molecule has 0 amide bonds. The number of hydrogen-bond donors (Lipinski definition) is 1. The van der Waals surface area contributed by atoms with Crippen LogP contribution in [0.4, 0.5) is 0 Å². The standard InChI is InChI=1S/C12H16O2.CO2/c1-9-5-4-6-10(7-9)8-12(2,3)11(13)14;2-1-3/h4-7H,8H2,1-3H3,(H,13,14);. The van der Waals surface area contributed by atoms with Crippen LogP contribution in [0.5, 0.6) is 0 Å². The van der Waals surface area contributed by atoms with E-state index in [1.165, 1.54) is 5.56 Å². The first kappa shape index (κ1) is 15.1. The number of carbonyl (C=O) groups excluding carboxylic acids is 2.